The fourth-order valence-corrected chi connectivity index (χ4v) is 5.62. The van der Waals surface area contributed by atoms with Crippen LogP contribution < -0.4 is 4.90 Å². The molecule has 1 atom stereocenters. The summed E-state index contributed by atoms with van der Waals surface area (Å²) in [5.41, 5.74) is 6.91. The maximum absolute atomic E-state index is 9.95. The molecule has 1 fully saturated rings. The molecule has 1 aliphatic rings. The number of rotatable bonds is 3. The van der Waals surface area contributed by atoms with Crippen molar-refractivity contribution >= 4 is 32.8 Å². The molecule has 160 valence electrons. The lowest BCUT2D eigenvalue weighted by Gasteiger charge is -2.40. The van der Waals surface area contributed by atoms with E-state index in [2.05, 4.69) is 72.1 Å². The van der Waals surface area contributed by atoms with Gasteiger partial charge in [0.2, 0.25) is 0 Å². The number of benzene rings is 1. The second-order valence-electron chi connectivity index (χ2n) is 9.22. The Morgan fingerprint density at radius 1 is 1.10 bits per heavy atom. The van der Waals surface area contributed by atoms with Crippen LogP contribution in [0, 0.1) is 40.0 Å². The zero-order valence-electron chi connectivity index (χ0n) is 18.8. The molecular formula is C24H31BrN4O. The normalized spacial score (nSPS) is 19.7. The van der Waals surface area contributed by atoms with Crippen LogP contribution >= 0.6 is 15.9 Å². The Labute approximate surface area is 187 Å². The van der Waals surface area contributed by atoms with E-state index in [0.717, 1.165) is 53.1 Å². The zero-order chi connectivity index (χ0) is 21.8. The molecule has 1 N–H and O–H groups in total. The highest BCUT2D eigenvalue weighted by molar-refractivity contribution is 9.10. The smallest absolute Gasteiger partial charge is 0.150 e. The average Bonchev–Trinajstić information content (AvgIpc) is 2.92. The van der Waals surface area contributed by atoms with E-state index >= 15 is 0 Å². The molecule has 1 unspecified atom stereocenters. The number of halogens is 1. The molecule has 4 rings (SSSR count). The summed E-state index contributed by atoms with van der Waals surface area (Å²) in [5, 5.41) is 11.1. The lowest BCUT2D eigenvalue weighted by molar-refractivity contribution is 0.123. The van der Waals surface area contributed by atoms with Crippen molar-refractivity contribution in [1.82, 2.24) is 14.5 Å². The van der Waals surface area contributed by atoms with Crippen molar-refractivity contribution < 1.29 is 5.11 Å². The first kappa shape index (κ1) is 21.3. The highest BCUT2D eigenvalue weighted by Crippen LogP contribution is 2.39. The van der Waals surface area contributed by atoms with Gasteiger partial charge in [0.25, 0.3) is 0 Å². The van der Waals surface area contributed by atoms with E-state index in [4.69, 9.17) is 9.97 Å². The van der Waals surface area contributed by atoms with Crippen molar-refractivity contribution in [3.05, 3.63) is 44.8 Å². The largest absolute Gasteiger partial charge is 0.396 e. The predicted octanol–water partition coefficient (Wildman–Crippen LogP) is 5.32. The summed E-state index contributed by atoms with van der Waals surface area (Å²) in [6.07, 6.45) is 2.11. The van der Waals surface area contributed by atoms with E-state index in [1.807, 2.05) is 6.92 Å². The van der Waals surface area contributed by atoms with Gasteiger partial charge in [-0.25, -0.2) is 9.97 Å². The van der Waals surface area contributed by atoms with Crippen molar-refractivity contribution in [2.24, 2.45) is 5.41 Å². The van der Waals surface area contributed by atoms with E-state index in [-0.39, 0.29) is 12.0 Å². The van der Waals surface area contributed by atoms with Gasteiger partial charge in [-0.3, -0.25) is 4.57 Å². The summed E-state index contributed by atoms with van der Waals surface area (Å²) in [4.78, 5) is 12.2. The van der Waals surface area contributed by atoms with Crippen LogP contribution in [-0.2, 0) is 0 Å². The lowest BCUT2D eigenvalue weighted by Crippen LogP contribution is -2.44. The van der Waals surface area contributed by atoms with Crippen molar-refractivity contribution in [3.63, 3.8) is 0 Å². The third kappa shape index (κ3) is 3.44. The minimum Gasteiger partial charge on any atom is -0.396 e. The molecule has 1 saturated heterocycles. The number of nitrogens with zero attached hydrogens (tertiary/aromatic N) is 4. The summed E-state index contributed by atoms with van der Waals surface area (Å²) in [6, 6.07) is 4.32. The van der Waals surface area contributed by atoms with E-state index in [0.29, 0.717) is 0 Å². The fraction of sp³-hybridized carbons (Fsp3) is 0.500. The number of aliphatic hydroxyl groups is 1. The van der Waals surface area contributed by atoms with Crippen LogP contribution in [0.5, 0.6) is 0 Å². The number of hydrogen-bond acceptors (Lipinski definition) is 4. The van der Waals surface area contributed by atoms with Crippen LogP contribution in [0.2, 0.25) is 0 Å². The number of fused-ring (bicyclic) bond motifs is 1. The molecule has 5 nitrogen and oxygen atoms in total. The van der Waals surface area contributed by atoms with Crippen molar-refractivity contribution in [1.29, 1.82) is 0 Å². The van der Waals surface area contributed by atoms with Crippen molar-refractivity contribution in [2.75, 3.05) is 24.6 Å². The zero-order valence-corrected chi connectivity index (χ0v) is 20.4. The van der Waals surface area contributed by atoms with Crippen LogP contribution in [0.1, 0.15) is 48.0 Å². The second-order valence-corrected chi connectivity index (χ2v) is 10.1. The Morgan fingerprint density at radius 2 is 1.77 bits per heavy atom. The molecule has 0 amide bonds. The summed E-state index contributed by atoms with van der Waals surface area (Å²) < 4.78 is 3.39. The Bertz CT molecular complexity index is 1110. The van der Waals surface area contributed by atoms with Gasteiger partial charge in [0.05, 0.1) is 17.7 Å². The van der Waals surface area contributed by atoms with E-state index in [9.17, 15) is 5.11 Å². The molecule has 0 spiro atoms. The fourth-order valence-electron chi connectivity index (χ4n) is 4.93. The molecule has 0 saturated carbocycles. The first-order valence-electron chi connectivity index (χ1n) is 10.6. The molecular weight excluding hydrogens is 440 g/mol. The lowest BCUT2D eigenvalue weighted by atomic mass is 9.83. The summed E-state index contributed by atoms with van der Waals surface area (Å²) in [6.45, 7) is 14.8. The van der Waals surface area contributed by atoms with Gasteiger partial charge >= 0.3 is 0 Å². The molecule has 2 aromatic heterocycles. The first-order valence-corrected chi connectivity index (χ1v) is 11.4. The van der Waals surface area contributed by atoms with E-state index in [1.54, 1.807) is 0 Å². The SMILES string of the molecule is Cc1nc(N2CCCC(C)(CO)C2)c2c(C)c(C)n(-c3c(C)cc(Br)cc3C)c2n1. The molecule has 1 aliphatic heterocycles. The number of piperidine rings is 1. The highest BCUT2D eigenvalue weighted by Gasteiger charge is 2.33. The standard InChI is InChI=1S/C24H31BrN4O/c1-14-10-19(25)11-15(2)21(14)29-17(4)16(3)20-22(26-18(5)27-23(20)29)28-9-7-8-24(6,12-28)13-30/h10-11,30H,7-9,12-13H2,1-6H3. The number of aryl methyl sites for hydroxylation is 4. The van der Waals surface area contributed by atoms with E-state index in [1.165, 1.54) is 28.1 Å². The molecule has 3 aromatic rings. The minimum absolute atomic E-state index is 0.0895. The maximum Gasteiger partial charge on any atom is 0.150 e. The minimum atomic E-state index is -0.0895. The van der Waals surface area contributed by atoms with Crippen LogP contribution in [0.3, 0.4) is 0 Å². The topological polar surface area (TPSA) is 54.2 Å². The Morgan fingerprint density at radius 3 is 2.40 bits per heavy atom. The van der Waals surface area contributed by atoms with Gasteiger partial charge in [-0.15, -0.1) is 0 Å². The van der Waals surface area contributed by atoms with Gasteiger partial charge < -0.3 is 10.0 Å². The third-order valence-corrected chi connectivity index (χ3v) is 7.05. The molecule has 3 heterocycles. The van der Waals surface area contributed by atoms with Crippen molar-refractivity contribution in [2.45, 2.75) is 54.4 Å². The van der Waals surface area contributed by atoms with Gasteiger partial charge in [-0.1, -0.05) is 22.9 Å². The summed E-state index contributed by atoms with van der Waals surface area (Å²) >= 11 is 3.62. The average molecular weight is 471 g/mol. The number of anilines is 1. The van der Waals surface area contributed by atoms with Crippen molar-refractivity contribution in [3.8, 4) is 5.69 Å². The quantitative estimate of drug-likeness (QED) is 0.562. The molecule has 0 aliphatic carbocycles. The molecule has 6 heteroatoms. The maximum atomic E-state index is 9.95. The van der Waals surface area contributed by atoms with Gasteiger partial charge in [-0.2, -0.15) is 0 Å². The molecule has 30 heavy (non-hydrogen) atoms. The van der Waals surface area contributed by atoms with Gasteiger partial charge in [0, 0.05) is 28.7 Å². The second kappa shape index (κ2) is 7.65. The first-order chi connectivity index (χ1) is 14.1. The summed E-state index contributed by atoms with van der Waals surface area (Å²) in [5.74, 6) is 1.78. The Kier molecular flexibility index (Phi) is 5.43. The number of aliphatic hydroxyl groups excluding tert-OH is 1. The van der Waals surface area contributed by atoms with Crippen LogP contribution in [0.4, 0.5) is 5.82 Å². The van der Waals surface area contributed by atoms with Crippen LogP contribution in [0.15, 0.2) is 16.6 Å². The number of aromatic nitrogens is 3. The van der Waals surface area contributed by atoms with Gasteiger partial charge in [0.15, 0.2) is 5.65 Å². The third-order valence-electron chi connectivity index (χ3n) is 6.59. The molecule has 1 aromatic carbocycles. The van der Waals surface area contributed by atoms with Crippen LogP contribution in [0.25, 0.3) is 16.7 Å². The van der Waals surface area contributed by atoms with Crippen LogP contribution in [-0.4, -0.2) is 39.3 Å². The van der Waals surface area contributed by atoms with Gasteiger partial charge in [0.1, 0.15) is 11.6 Å². The molecule has 0 radical (unpaired) electrons. The summed E-state index contributed by atoms with van der Waals surface area (Å²) in [7, 11) is 0. The molecule has 0 bridgehead atoms. The van der Waals surface area contributed by atoms with E-state index < -0.39 is 0 Å². The number of hydrogen-bond donors (Lipinski definition) is 1. The monoisotopic (exact) mass is 470 g/mol. The predicted molar refractivity (Wildman–Crippen MR) is 127 cm³/mol. The Balaban J connectivity index is 1.98. The highest BCUT2D eigenvalue weighted by atomic mass is 79.9. The Hall–Kier alpha value is -1.92. The van der Waals surface area contributed by atoms with Gasteiger partial charge in [-0.05, 0) is 76.3 Å².